The van der Waals surface area contributed by atoms with Crippen LogP contribution < -0.4 is 10.6 Å². The molecule has 0 unspecified atom stereocenters. The Morgan fingerprint density at radius 3 is 2.51 bits per heavy atom. The first-order chi connectivity index (χ1) is 18.6. The summed E-state index contributed by atoms with van der Waals surface area (Å²) >= 11 is 0. The van der Waals surface area contributed by atoms with Gasteiger partial charge < -0.3 is 20.1 Å². The van der Waals surface area contributed by atoms with E-state index in [0.29, 0.717) is 12.1 Å². The fourth-order valence-electron chi connectivity index (χ4n) is 5.78. The molecule has 2 aromatic carbocycles. The Bertz CT molecular complexity index is 1370. The standard InChI is InChI=1S/C32H37N5O.ClH/c1-35-29-12-6-5-11-27(29)28(32(38)36-19-7-10-25(33)22-36)20-34-31(35)30-18-17-26(37(30)21-24-13-14-24)16-15-23-8-3-2-4-9-23;/h2-6,8-9,11-12,17-18,20,24-25H,7,10,13-16,19,21-22,33H2,1H3;1H/t25-;/m1./s1. The number of anilines is 1. The number of aryl methyl sites for hydroxylation is 2. The molecule has 2 fully saturated rings. The average Bonchev–Trinajstić information content (AvgIpc) is 3.71. The number of likely N-dealkylation sites (tertiary alicyclic amines) is 1. The number of hydrogen-bond donors (Lipinski definition) is 1. The van der Waals surface area contributed by atoms with Crippen molar-refractivity contribution in [2.75, 3.05) is 25.0 Å². The first-order valence-corrected chi connectivity index (χ1v) is 14.0. The number of amides is 1. The number of carbonyl (C=O) groups excluding carboxylic acids is 1. The van der Waals surface area contributed by atoms with E-state index in [9.17, 15) is 4.79 Å². The Labute approximate surface area is 237 Å². The van der Waals surface area contributed by atoms with Crippen molar-refractivity contribution in [3.8, 4) is 0 Å². The predicted octanol–water partition coefficient (Wildman–Crippen LogP) is 5.29. The Balaban J connectivity index is 0.00000308. The number of aliphatic imine (C=N–C) groups is 1. The van der Waals surface area contributed by atoms with E-state index < -0.39 is 0 Å². The molecular formula is C32H38ClN5O. The number of rotatable bonds is 7. The molecule has 3 heterocycles. The van der Waals surface area contributed by atoms with Crippen LogP contribution in [0, 0.1) is 5.92 Å². The van der Waals surface area contributed by atoms with Gasteiger partial charge in [-0.25, -0.2) is 4.99 Å². The largest absolute Gasteiger partial charge is 0.342 e. The number of benzene rings is 2. The van der Waals surface area contributed by atoms with Gasteiger partial charge in [0.1, 0.15) is 0 Å². The second kappa shape index (κ2) is 11.8. The lowest BCUT2D eigenvalue weighted by Gasteiger charge is -2.31. The normalized spacial score (nSPS) is 19.0. The van der Waals surface area contributed by atoms with E-state index in [1.165, 1.54) is 24.1 Å². The van der Waals surface area contributed by atoms with Crippen LogP contribution in [0.15, 0.2) is 77.9 Å². The second-order valence-corrected chi connectivity index (χ2v) is 11.0. The van der Waals surface area contributed by atoms with Crippen molar-refractivity contribution in [2.45, 2.75) is 51.1 Å². The maximum Gasteiger partial charge on any atom is 0.256 e. The molecule has 6 rings (SSSR count). The quantitative estimate of drug-likeness (QED) is 0.440. The first-order valence-electron chi connectivity index (χ1n) is 14.0. The van der Waals surface area contributed by atoms with Gasteiger partial charge in [-0.15, -0.1) is 12.4 Å². The van der Waals surface area contributed by atoms with E-state index in [1.54, 1.807) is 6.20 Å². The minimum atomic E-state index is 0. The van der Waals surface area contributed by atoms with Gasteiger partial charge in [-0.05, 0) is 68.2 Å². The third kappa shape index (κ3) is 5.82. The molecule has 39 heavy (non-hydrogen) atoms. The number of hydrogen-bond acceptors (Lipinski definition) is 4. The molecule has 1 aliphatic carbocycles. The Morgan fingerprint density at radius 1 is 0.974 bits per heavy atom. The van der Waals surface area contributed by atoms with Crippen LogP contribution in [0.4, 0.5) is 5.69 Å². The van der Waals surface area contributed by atoms with Crippen molar-refractivity contribution in [2.24, 2.45) is 16.6 Å². The zero-order valence-electron chi connectivity index (χ0n) is 22.6. The molecule has 1 amide bonds. The molecule has 2 N–H and O–H groups in total. The smallest absolute Gasteiger partial charge is 0.256 e. The topological polar surface area (TPSA) is 66.9 Å². The van der Waals surface area contributed by atoms with Gasteiger partial charge in [0.05, 0.1) is 17.0 Å². The van der Waals surface area contributed by atoms with Crippen molar-refractivity contribution >= 4 is 35.4 Å². The van der Waals surface area contributed by atoms with Crippen LogP contribution in [0.1, 0.15) is 48.2 Å². The highest BCUT2D eigenvalue weighted by molar-refractivity contribution is 6.23. The summed E-state index contributed by atoms with van der Waals surface area (Å²) in [6, 6.07) is 23.4. The second-order valence-electron chi connectivity index (χ2n) is 11.0. The van der Waals surface area contributed by atoms with Gasteiger partial charge in [0, 0.05) is 50.2 Å². The maximum absolute atomic E-state index is 13.7. The SMILES string of the molecule is CN1C(c2ccc(CCc3ccccc3)n2CC2CC2)=NC=C(C(=O)N2CCC[C@@H](N)C2)c2ccccc21.Cl. The zero-order valence-corrected chi connectivity index (χ0v) is 23.4. The van der Waals surface area contributed by atoms with Crippen LogP contribution in [-0.2, 0) is 24.2 Å². The molecule has 1 aromatic heterocycles. The van der Waals surface area contributed by atoms with Crippen LogP contribution in [0.2, 0.25) is 0 Å². The number of amidine groups is 1. The minimum absolute atomic E-state index is 0. The van der Waals surface area contributed by atoms with Crippen molar-refractivity contribution in [3.05, 3.63) is 95.4 Å². The van der Waals surface area contributed by atoms with Gasteiger partial charge in [0.25, 0.3) is 5.91 Å². The van der Waals surface area contributed by atoms with Gasteiger partial charge in [-0.3, -0.25) is 4.79 Å². The number of piperidine rings is 1. The van der Waals surface area contributed by atoms with E-state index >= 15 is 0 Å². The number of aromatic nitrogens is 1. The lowest BCUT2D eigenvalue weighted by atomic mass is 10.0. The summed E-state index contributed by atoms with van der Waals surface area (Å²) < 4.78 is 2.48. The molecule has 3 aliphatic rings. The lowest BCUT2D eigenvalue weighted by Crippen LogP contribution is -2.46. The number of fused-ring (bicyclic) bond motifs is 1. The molecule has 0 spiro atoms. The Hall–Kier alpha value is -3.35. The first kappa shape index (κ1) is 27.2. The summed E-state index contributed by atoms with van der Waals surface area (Å²) in [7, 11) is 2.06. The van der Waals surface area contributed by atoms with Crippen molar-refractivity contribution in [1.82, 2.24) is 9.47 Å². The van der Waals surface area contributed by atoms with E-state index in [2.05, 4.69) is 65.0 Å². The number of para-hydroxylation sites is 1. The third-order valence-electron chi connectivity index (χ3n) is 8.12. The molecule has 6 nitrogen and oxygen atoms in total. The summed E-state index contributed by atoms with van der Waals surface area (Å²) in [5.41, 5.74) is 12.6. The Morgan fingerprint density at radius 2 is 1.74 bits per heavy atom. The average molecular weight is 544 g/mol. The molecule has 0 bridgehead atoms. The van der Waals surface area contributed by atoms with E-state index in [-0.39, 0.29) is 24.4 Å². The Kier molecular flexibility index (Phi) is 8.24. The summed E-state index contributed by atoms with van der Waals surface area (Å²) in [5.74, 6) is 1.63. The molecule has 2 aliphatic heterocycles. The summed E-state index contributed by atoms with van der Waals surface area (Å²) in [6.07, 6.45) is 8.27. The third-order valence-corrected chi connectivity index (χ3v) is 8.12. The number of halogens is 1. The van der Waals surface area contributed by atoms with E-state index in [4.69, 9.17) is 10.7 Å². The minimum Gasteiger partial charge on any atom is -0.342 e. The van der Waals surface area contributed by atoms with Gasteiger partial charge >= 0.3 is 0 Å². The van der Waals surface area contributed by atoms with Crippen molar-refractivity contribution < 1.29 is 4.79 Å². The van der Waals surface area contributed by atoms with Crippen LogP contribution in [0.25, 0.3) is 5.57 Å². The molecule has 204 valence electrons. The van der Waals surface area contributed by atoms with Gasteiger partial charge in [0.15, 0.2) is 5.84 Å². The van der Waals surface area contributed by atoms with Crippen LogP contribution in [0.5, 0.6) is 0 Å². The molecule has 3 aromatic rings. The van der Waals surface area contributed by atoms with Gasteiger partial charge in [-0.2, -0.15) is 0 Å². The zero-order chi connectivity index (χ0) is 26.1. The fourth-order valence-corrected chi connectivity index (χ4v) is 5.78. The van der Waals surface area contributed by atoms with Crippen molar-refractivity contribution in [1.29, 1.82) is 0 Å². The lowest BCUT2D eigenvalue weighted by molar-refractivity contribution is -0.126. The fraction of sp³-hybridized carbons (Fsp3) is 0.375. The number of nitrogens with two attached hydrogens (primary N) is 1. The van der Waals surface area contributed by atoms with E-state index in [0.717, 1.165) is 67.5 Å². The predicted molar refractivity (Wildman–Crippen MR) is 161 cm³/mol. The summed E-state index contributed by atoms with van der Waals surface area (Å²) in [6.45, 7) is 2.36. The van der Waals surface area contributed by atoms with Gasteiger partial charge in [0.2, 0.25) is 0 Å². The molecular weight excluding hydrogens is 506 g/mol. The van der Waals surface area contributed by atoms with Crippen molar-refractivity contribution in [3.63, 3.8) is 0 Å². The molecule has 1 atom stereocenters. The highest BCUT2D eigenvalue weighted by Crippen LogP contribution is 2.35. The molecule has 1 saturated carbocycles. The van der Waals surface area contributed by atoms with E-state index in [1.807, 2.05) is 23.1 Å². The summed E-state index contributed by atoms with van der Waals surface area (Å²) in [4.78, 5) is 22.8. The molecule has 0 radical (unpaired) electrons. The molecule has 1 saturated heterocycles. The summed E-state index contributed by atoms with van der Waals surface area (Å²) in [5, 5.41) is 0. The highest BCUT2D eigenvalue weighted by Gasteiger charge is 2.30. The number of carbonyl (C=O) groups is 1. The number of nitrogens with zero attached hydrogens (tertiary/aromatic N) is 4. The van der Waals surface area contributed by atoms with Crippen LogP contribution >= 0.6 is 12.4 Å². The van der Waals surface area contributed by atoms with Crippen LogP contribution in [0.3, 0.4) is 0 Å². The molecule has 7 heteroatoms. The monoisotopic (exact) mass is 543 g/mol. The maximum atomic E-state index is 13.7. The van der Waals surface area contributed by atoms with Gasteiger partial charge in [-0.1, -0.05) is 48.5 Å². The van der Waals surface area contributed by atoms with Crippen LogP contribution in [-0.4, -0.2) is 47.4 Å². The highest BCUT2D eigenvalue weighted by atomic mass is 35.5.